The Bertz CT molecular complexity index is 577. The van der Waals surface area contributed by atoms with E-state index in [0.717, 1.165) is 10.8 Å². The van der Waals surface area contributed by atoms with Gasteiger partial charge in [0.05, 0.1) is 12.3 Å². The Morgan fingerprint density at radius 3 is 2.24 bits per heavy atom. The maximum atomic E-state index is 11.3. The van der Waals surface area contributed by atoms with Gasteiger partial charge in [0.1, 0.15) is 0 Å². The summed E-state index contributed by atoms with van der Waals surface area (Å²) in [5.74, 6) is -0.309. The first-order chi connectivity index (χ1) is 8.29. The highest BCUT2D eigenvalue weighted by Crippen LogP contribution is 1.98. The lowest BCUT2D eigenvalue weighted by Gasteiger charge is -1.94. The molecule has 0 bridgehead atoms. The predicted molar refractivity (Wildman–Crippen MR) is 66.8 cm³/mol. The van der Waals surface area contributed by atoms with Gasteiger partial charge in [-0.15, -0.1) is 0 Å². The van der Waals surface area contributed by atoms with E-state index in [1.54, 1.807) is 12.1 Å². The highest BCUT2D eigenvalue weighted by Gasteiger charge is 1.93. The molecule has 0 fully saturated rings. The van der Waals surface area contributed by atoms with Crippen LogP contribution in [0.3, 0.4) is 0 Å². The van der Waals surface area contributed by atoms with Gasteiger partial charge in [-0.2, -0.15) is 0 Å². The van der Waals surface area contributed by atoms with Gasteiger partial charge in [-0.3, -0.25) is 0 Å². The minimum absolute atomic E-state index is 0.309. The quantitative estimate of drug-likeness (QED) is 0.764. The topological polar surface area (TPSA) is 29.1 Å². The summed E-state index contributed by atoms with van der Waals surface area (Å²) < 4.78 is 4.65. The van der Waals surface area contributed by atoms with Crippen LogP contribution in [0.4, 0.5) is 0 Å². The van der Waals surface area contributed by atoms with Crippen LogP contribution in [0.15, 0.2) is 54.6 Å². The van der Waals surface area contributed by atoms with Gasteiger partial charge in [-0.25, -0.2) is 5.11 Å². The fourth-order valence-corrected chi connectivity index (χ4v) is 1.57. The molecule has 0 unspecified atom stereocenters. The van der Waals surface area contributed by atoms with E-state index in [1.165, 1.54) is 7.11 Å². The average molecular weight is 225 g/mol. The van der Waals surface area contributed by atoms with E-state index in [4.69, 9.17) is 0 Å². The van der Waals surface area contributed by atoms with E-state index < -0.39 is 0 Å². The summed E-state index contributed by atoms with van der Waals surface area (Å²) in [4.78, 5) is 0. The highest BCUT2D eigenvalue weighted by atomic mass is 16.6. The SMILES string of the molecule is COC([O])=c1ccc(=Cc2ccccc2)cc1. The molecular formula is C15H13O2. The molecule has 0 spiro atoms. The van der Waals surface area contributed by atoms with E-state index in [0.29, 0.717) is 5.22 Å². The molecule has 0 aliphatic heterocycles. The maximum absolute atomic E-state index is 11.3. The Labute approximate surface area is 100 Å². The van der Waals surface area contributed by atoms with E-state index in [1.807, 2.05) is 42.5 Å². The molecule has 0 aliphatic rings. The number of methoxy groups -OCH3 is 1. The largest absolute Gasteiger partial charge is 0.465 e. The van der Waals surface area contributed by atoms with E-state index >= 15 is 0 Å². The molecule has 2 aromatic rings. The van der Waals surface area contributed by atoms with Crippen molar-refractivity contribution in [3.05, 3.63) is 70.6 Å². The number of hydrogen-bond acceptors (Lipinski definition) is 1. The molecule has 0 heterocycles. The number of rotatable bonds is 2. The first kappa shape index (κ1) is 11.3. The predicted octanol–water partition coefficient (Wildman–Crippen LogP) is 1.66. The average Bonchev–Trinajstić information content (AvgIpc) is 2.40. The smallest absolute Gasteiger partial charge is 0.337 e. The number of benzene rings is 2. The lowest BCUT2D eigenvalue weighted by atomic mass is 10.1. The zero-order valence-corrected chi connectivity index (χ0v) is 9.59. The second-order valence-corrected chi connectivity index (χ2v) is 3.67. The van der Waals surface area contributed by atoms with Crippen LogP contribution in [0.25, 0.3) is 12.0 Å². The molecule has 2 aromatic carbocycles. The van der Waals surface area contributed by atoms with Crippen molar-refractivity contribution in [1.29, 1.82) is 0 Å². The second kappa shape index (κ2) is 5.21. The minimum atomic E-state index is -0.309. The summed E-state index contributed by atoms with van der Waals surface area (Å²) in [7, 11) is 1.38. The molecule has 2 rings (SSSR count). The van der Waals surface area contributed by atoms with Crippen molar-refractivity contribution < 1.29 is 9.84 Å². The maximum Gasteiger partial charge on any atom is 0.337 e. The van der Waals surface area contributed by atoms with Crippen LogP contribution in [0, 0.1) is 0 Å². The molecule has 85 valence electrons. The molecule has 0 amide bonds. The Morgan fingerprint density at radius 2 is 1.65 bits per heavy atom. The number of hydrogen-bond donors (Lipinski definition) is 0. The molecule has 1 radical (unpaired) electrons. The fraction of sp³-hybridized carbons (Fsp3) is 0.0667. The summed E-state index contributed by atoms with van der Waals surface area (Å²) in [6.07, 6.45) is 2.06. The first-order valence-corrected chi connectivity index (χ1v) is 5.38. The van der Waals surface area contributed by atoms with Gasteiger partial charge in [0.25, 0.3) is 0 Å². The van der Waals surface area contributed by atoms with E-state index in [2.05, 4.69) is 10.8 Å². The third kappa shape index (κ3) is 2.88. The standard InChI is InChI=1S/C15H13O2/c1-17-15(16)14-9-7-13(8-10-14)11-12-5-3-2-4-6-12/h2-11H,1H3. The van der Waals surface area contributed by atoms with Gasteiger partial charge in [-0.1, -0.05) is 42.5 Å². The molecule has 0 aliphatic carbocycles. The molecule has 2 heteroatoms. The van der Waals surface area contributed by atoms with Crippen LogP contribution in [0.2, 0.25) is 0 Å². The highest BCUT2D eigenvalue weighted by molar-refractivity contribution is 5.49. The molecule has 17 heavy (non-hydrogen) atoms. The van der Waals surface area contributed by atoms with Gasteiger partial charge in [-0.05, 0) is 29.0 Å². The molecule has 0 atom stereocenters. The zero-order valence-electron chi connectivity index (χ0n) is 9.59. The van der Waals surface area contributed by atoms with Crippen molar-refractivity contribution >= 4 is 12.0 Å². The van der Waals surface area contributed by atoms with Gasteiger partial charge in [0.2, 0.25) is 0 Å². The van der Waals surface area contributed by atoms with Gasteiger partial charge < -0.3 is 4.74 Å². The third-order valence-corrected chi connectivity index (χ3v) is 2.46. The van der Waals surface area contributed by atoms with Crippen molar-refractivity contribution in [3.63, 3.8) is 0 Å². The second-order valence-electron chi connectivity index (χ2n) is 3.67. The van der Waals surface area contributed by atoms with Gasteiger partial charge >= 0.3 is 5.95 Å². The summed E-state index contributed by atoms with van der Waals surface area (Å²) >= 11 is 0. The van der Waals surface area contributed by atoms with E-state index in [9.17, 15) is 5.11 Å². The lowest BCUT2D eigenvalue weighted by Crippen LogP contribution is -2.10. The summed E-state index contributed by atoms with van der Waals surface area (Å²) in [5, 5.41) is 12.9. The molecule has 0 saturated carbocycles. The molecule has 0 saturated heterocycles. The molecule has 0 N–H and O–H groups in total. The molecule has 2 nitrogen and oxygen atoms in total. The monoisotopic (exact) mass is 225 g/mol. The molecular weight excluding hydrogens is 212 g/mol. The zero-order chi connectivity index (χ0) is 12.1. The Balaban J connectivity index is 2.40. The van der Waals surface area contributed by atoms with Crippen molar-refractivity contribution in [2.75, 3.05) is 7.11 Å². The van der Waals surface area contributed by atoms with Crippen LogP contribution in [0.1, 0.15) is 5.56 Å². The first-order valence-electron chi connectivity index (χ1n) is 5.38. The third-order valence-electron chi connectivity index (χ3n) is 2.46. The van der Waals surface area contributed by atoms with Crippen molar-refractivity contribution in [3.8, 4) is 0 Å². The molecule has 0 aromatic heterocycles. The van der Waals surface area contributed by atoms with Crippen molar-refractivity contribution in [2.24, 2.45) is 0 Å². The normalized spacial score (nSPS) is 9.71. The van der Waals surface area contributed by atoms with Crippen LogP contribution in [0.5, 0.6) is 0 Å². The Hall–Kier alpha value is -2.22. The van der Waals surface area contributed by atoms with Crippen LogP contribution < -0.4 is 10.4 Å². The minimum Gasteiger partial charge on any atom is -0.465 e. The van der Waals surface area contributed by atoms with Crippen LogP contribution >= 0.6 is 0 Å². The summed E-state index contributed by atoms with van der Waals surface area (Å²) in [6.45, 7) is 0. The van der Waals surface area contributed by atoms with Crippen LogP contribution in [-0.4, -0.2) is 7.11 Å². The van der Waals surface area contributed by atoms with Crippen molar-refractivity contribution in [2.45, 2.75) is 0 Å². The fourth-order valence-electron chi connectivity index (χ4n) is 1.57. The van der Waals surface area contributed by atoms with Crippen LogP contribution in [-0.2, 0) is 9.84 Å². The van der Waals surface area contributed by atoms with Crippen molar-refractivity contribution in [1.82, 2.24) is 0 Å². The number of ether oxygens (including phenoxy) is 1. The van der Waals surface area contributed by atoms with Gasteiger partial charge in [0, 0.05) is 0 Å². The Kier molecular flexibility index (Phi) is 3.46. The summed E-state index contributed by atoms with van der Waals surface area (Å²) in [5.41, 5.74) is 1.14. The lowest BCUT2D eigenvalue weighted by molar-refractivity contribution is 0.182. The van der Waals surface area contributed by atoms with Gasteiger partial charge in [0.15, 0.2) is 0 Å². The van der Waals surface area contributed by atoms with E-state index in [-0.39, 0.29) is 5.95 Å². The Morgan fingerprint density at radius 1 is 1.00 bits per heavy atom. The summed E-state index contributed by atoms with van der Waals surface area (Å²) in [6, 6.07) is 17.4.